The zero-order chi connectivity index (χ0) is 16.0. The number of aryl methyl sites for hydroxylation is 1. The largest absolute Gasteiger partial charge is 0.309 e. The van der Waals surface area contributed by atoms with E-state index in [-0.39, 0.29) is 0 Å². The molecule has 1 heteroatoms. The van der Waals surface area contributed by atoms with Crippen LogP contribution in [0.1, 0.15) is 30.9 Å². The minimum Gasteiger partial charge on any atom is -0.309 e. The van der Waals surface area contributed by atoms with Crippen LogP contribution < -0.4 is 0 Å². The van der Waals surface area contributed by atoms with Crippen molar-refractivity contribution in [1.29, 1.82) is 0 Å². The lowest BCUT2D eigenvalue weighted by molar-refractivity contribution is 0.868. The van der Waals surface area contributed by atoms with E-state index in [1.54, 1.807) is 0 Å². The SMILES string of the molecule is Cc1ccc2c(c1)c1ccc(C(C)C)cc1n2-c1ccccc1. The molecule has 0 aliphatic rings. The number of rotatable bonds is 2. The summed E-state index contributed by atoms with van der Waals surface area (Å²) in [5, 5.41) is 2.66. The molecule has 0 amide bonds. The highest BCUT2D eigenvalue weighted by Gasteiger charge is 2.13. The predicted molar refractivity (Wildman–Crippen MR) is 99.6 cm³/mol. The van der Waals surface area contributed by atoms with Gasteiger partial charge in [-0.15, -0.1) is 0 Å². The van der Waals surface area contributed by atoms with Crippen molar-refractivity contribution in [2.75, 3.05) is 0 Å². The molecule has 0 spiro atoms. The van der Waals surface area contributed by atoms with Crippen LogP contribution in [0.25, 0.3) is 27.5 Å². The first kappa shape index (κ1) is 14.1. The van der Waals surface area contributed by atoms with Crippen molar-refractivity contribution < 1.29 is 0 Å². The molecule has 0 aliphatic carbocycles. The molecule has 114 valence electrons. The van der Waals surface area contributed by atoms with Crippen molar-refractivity contribution in [2.45, 2.75) is 26.7 Å². The van der Waals surface area contributed by atoms with Gasteiger partial charge in [-0.05, 0) is 48.7 Å². The first-order chi connectivity index (χ1) is 11.1. The van der Waals surface area contributed by atoms with Gasteiger partial charge in [0, 0.05) is 16.5 Å². The first-order valence-corrected chi connectivity index (χ1v) is 8.25. The highest BCUT2D eigenvalue weighted by atomic mass is 15.0. The molecule has 3 aromatic carbocycles. The van der Waals surface area contributed by atoms with E-state index >= 15 is 0 Å². The van der Waals surface area contributed by atoms with Crippen molar-refractivity contribution in [3.8, 4) is 5.69 Å². The summed E-state index contributed by atoms with van der Waals surface area (Å²) in [5.41, 5.74) is 6.48. The van der Waals surface area contributed by atoms with Gasteiger partial charge >= 0.3 is 0 Å². The van der Waals surface area contributed by atoms with Crippen molar-refractivity contribution >= 4 is 21.8 Å². The summed E-state index contributed by atoms with van der Waals surface area (Å²) in [7, 11) is 0. The first-order valence-electron chi connectivity index (χ1n) is 8.25. The van der Waals surface area contributed by atoms with E-state index in [9.17, 15) is 0 Å². The average Bonchev–Trinajstić information content (AvgIpc) is 2.88. The number of fused-ring (bicyclic) bond motifs is 3. The van der Waals surface area contributed by atoms with Crippen LogP contribution in [-0.4, -0.2) is 4.57 Å². The Bertz CT molecular complexity index is 991. The Labute approximate surface area is 137 Å². The molecular formula is C22H21N. The van der Waals surface area contributed by atoms with E-state index in [1.807, 2.05) is 0 Å². The molecule has 0 bridgehead atoms. The van der Waals surface area contributed by atoms with Crippen LogP contribution in [0.15, 0.2) is 66.7 Å². The molecular weight excluding hydrogens is 278 g/mol. The molecule has 0 N–H and O–H groups in total. The van der Waals surface area contributed by atoms with Gasteiger partial charge in [0.05, 0.1) is 11.0 Å². The van der Waals surface area contributed by atoms with E-state index in [1.165, 1.54) is 38.6 Å². The Morgan fingerprint density at radius 3 is 2.26 bits per heavy atom. The summed E-state index contributed by atoms with van der Waals surface area (Å²) >= 11 is 0. The minimum absolute atomic E-state index is 0.531. The molecule has 0 saturated heterocycles. The third kappa shape index (κ3) is 2.24. The second kappa shape index (κ2) is 5.27. The van der Waals surface area contributed by atoms with Crippen molar-refractivity contribution in [3.63, 3.8) is 0 Å². The maximum Gasteiger partial charge on any atom is 0.0543 e. The van der Waals surface area contributed by atoms with Gasteiger partial charge in [0.25, 0.3) is 0 Å². The van der Waals surface area contributed by atoms with E-state index in [0.29, 0.717) is 5.92 Å². The summed E-state index contributed by atoms with van der Waals surface area (Å²) in [6.45, 7) is 6.66. The Morgan fingerprint density at radius 2 is 1.52 bits per heavy atom. The Morgan fingerprint density at radius 1 is 0.739 bits per heavy atom. The van der Waals surface area contributed by atoms with Crippen molar-refractivity contribution in [1.82, 2.24) is 4.57 Å². The van der Waals surface area contributed by atoms with Gasteiger partial charge in [0.15, 0.2) is 0 Å². The van der Waals surface area contributed by atoms with Gasteiger partial charge in [-0.3, -0.25) is 0 Å². The Hall–Kier alpha value is -2.54. The Kier molecular flexibility index (Phi) is 3.23. The van der Waals surface area contributed by atoms with Gasteiger partial charge in [0.2, 0.25) is 0 Å². The number of aromatic nitrogens is 1. The molecule has 0 unspecified atom stereocenters. The smallest absolute Gasteiger partial charge is 0.0543 e. The van der Waals surface area contributed by atoms with E-state index in [2.05, 4.69) is 92.1 Å². The predicted octanol–water partition coefficient (Wildman–Crippen LogP) is 6.22. The molecule has 23 heavy (non-hydrogen) atoms. The zero-order valence-corrected chi connectivity index (χ0v) is 13.9. The molecule has 4 aromatic rings. The summed E-state index contributed by atoms with van der Waals surface area (Å²) in [4.78, 5) is 0. The topological polar surface area (TPSA) is 4.93 Å². The maximum atomic E-state index is 2.38. The van der Waals surface area contributed by atoms with Gasteiger partial charge in [-0.25, -0.2) is 0 Å². The second-order valence-corrected chi connectivity index (χ2v) is 6.62. The third-order valence-electron chi connectivity index (χ3n) is 4.63. The molecule has 0 saturated carbocycles. The second-order valence-electron chi connectivity index (χ2n) is 6.62. The van der Waals surface area contributed by atoms with Crippen LogP contribution in [0.3, 0.4) is 0 Å². The number of benzene rings is 3. The molecule has 0 aliphatic heterocycles. The van der Waals surface area contributed by atoms with E-state index < -0.39 is 0 Å². The maximum absolute atomic E-state index is 2.38. The average molecular weight is 299 g/mol. The number of hydrogen-bond donors (Lipinski definition) is 0. The summed E-state index contributed by atoms with van der Waals surface area (Å²) in [5.74, 6) is 0.531. The monoisotopic (exact) mass is 299 g/mol. The highest BCUT2D eigenvalue weighted by molar-refractivity contribution is 6.09. The van der Waals surface area contributed by atoms with Crippen LogP contribution in [0.5, 0.6) is 0 Å². The van der Waals surface area contributed by atoms with E-state index in [4.69, 9.17) is 0 Å². The Balaban J connectivity index is 2.17. The number of hydrogen-bond acceptors (Lipinski definition) is 0. The molecule has 1 nitrogen and oxygen atoms in total. The van der Waals surface area contributed by atoms with E-state index in [0.717, 1.165) is 0 Å². The van der Waals surface area contributed by atoms with Gasteiger partial charge in [0.1, 0.15) is 0 Å². The summed E-state index contributed by atoms with van der Waals surface area (Å²) in [6, 6.07) is 24.3. The standard InChI is InChI=1S/C22H21N/c1-15(2)17-10-11-19-20-13-16(3)9-12-21(20)23(22(19)14-17)18-7-5-4-6-8-18/h4-15H,1-3H3. The quantitative estimate of drug-likeness (QED) is 0.414. The molecule has 0 atom stereocenters. The lowest BCUT2D eigenvalue weighted by Gasteiger charge is -2.10. The molecule has 1 aromatic heterocycles. The number of para-hydroxylation sites is 1. The van der Waals surface area contributed by atoms with Gasteiger partial charge in [-0.1, -0.05) is 55.8 Å². The molecule has 4 rings (SSSR count). The minimum atomic E-state index is 0.531. The van der Waals surface area contributed by atoms with Crippen molar-refractivity contribution in [2.24, 2.45) is 0 Å². The zero-order valence-electron chi connectivity index (χ0n) is 13.9. The normalized spacial score (nSPS) is 11.7. The van der Waals surface area contributed by atoms with Crippen LogP contribution in [0.2, 0.25) is 0 Å². The molecule has 1 heterocycles. The van der Waals surface area contributed by atoms with Crippen LogP contribution in [0.4, 0.5) is 0 Å². The highest BCUT2D eigenvalue weighted by Crippen LogP contribution is 2.34. The fourth-order valence-electron chi connectivity index (χ4n) is 3.37. The number of nitrogens with zero attached hydrogens (tertiary/aromatic N) is 1. The van der Waals surface area contributed by atoms with Crippen LogP contribution >= 0.6 is 0 Å². The fourth-order valence-corrected chi connectivity index (χ4v) is 3.37. The molecule has 0 radical (unpaired) electrons. The third-order valence-corrected chi connectivity index (χ3v) is 4.63. The van der Waals surface area contributed by atoms with Crippen LogP contribution in [-0.2, 0) is 0 Å². The summed E-state index contributed by atoms with van der Waals surface area (Å²) < 4.78 is 2.38. The lowest BCUT2D eigenvalue weighted by Crippen LogP contribution is -1.94. The summed E-state index contributed by atoms with van der Waals surface area (Å²) in [6.07, 6.45) is 0. The molecule has 0 fully saturated rings. The van der Waals surface area contributed by atoms with Crippen molar-refractivity contribution in [3.05, 3.63) is 77.9 Å². The van der Waals surface area contributed by atoms with Crippen LogP contribution in [0, 0.1) is 6.92 Å². The van der Waals surface area contributed by atoms with Gasteiger partial charge in [-0.2, -0.15) is 0 Å². The van der Waals surface area contributed by atoms with Gasteiger partial charge < -0.3 is 4.57 Å². The lowest BCUT2D eigenvalue weighted by atomic mass is 10.0. The fraction of sp³-hybridized carbons (Fsp3) is 0.182.